The standard InChI is InChI=1S/C17H23F2NO3/c1-17(2,3)23-16(22)20-10-5-4-9-13(20)15(21)11-7-6-8-12(18)14(11)19/h6-8,13,15,21H,4-5,9-10H2,1-3H3/t13-,15-/m1/s1. The maximum atomic E-state index is 13.9. The summed E-state index contributed by atoms with van der Waals surface area (Å²) in [6.45, 7) is 5.69. The Morgan fingerprint density at radius 2 is 2.04 bits per heavy atom. The van der Waals surface area contributed by atoms with Gasteiger partial charge in [0.2, 0.25) is 0 Å². The molecule has 0 saturated carbocycles. The lowest BCUT2D eigenvalue weighted by Gasteiger charge is -2.39. The first kappa shape index (κ1) is 17.7. The molecular weight excluding hydrogens is 304 g/mol. The van der Waals surface area contributed by atoms with E-state index >= 15 is 0 Å². The predicted octanol–water partition coefficient (Wildman–Crippen LogP) is 3.79. The van der Waals surface area contributed by atoms with Crippen LogP contribution in [-0.4, -0.2) is 34.3 Å². The number of aliphatic hydroxyl groups is 1. The number of halogens is 2. The van der Waals surface area contributed by atoms with Crippen molar-refractivity contribution in [1.82, 2.24) is 4.90 Å². The molecule has 0 unspecified atom stereocenters. The number of rotatable bonds is 2. The van der Waals surface area contributed by atoms with Crippen LogP contribution in [0.25, 0.3) is 0 Å². The van der Waals surface area contributed by atoms with E-state index in [1.807, 2.05) is 0 Å². The second kappa shape index (κ2) is 6.83. The smallest absolute Gasteiger partial charge is 0.410 e. The molecule has 2 rings (SSSR count). The summed E-state index contributed by atoms with van der Waals surface area (Å²) in [5.41, 5.74) is -0.792. The van der Waals surface area contributed by atoms with E-state index in [0.717, 1.165) is 18.9 Å². The Morgan fingerprint density at radius 3 is 2.70 bits per heavy atom. The molecular formula is C17H23F2NO3. The molecule has 6 heteroatoms. The molecule has 1 heterocycles. The summed E-state index contributed by atoms with van der Waals surface area (Å²) in [6.07, 6.45) is 0.263. The Bertz CT molecular complexity index is 571. The number of ether oxygens (including phenoxy) is 1. The van der Waals surface area contributed by atoms with E-state index in [9.17, 15) is 18.7 Å². The predicted molar refractivity (Wildman–Crippen MR) is 81.9 cm³/mol. The number of likely N-dealkylation sites (tertiary alicyclic amines) is 1. The highest BCUT2D eigenvalue weighted by molar-refractivity contribution is 5.68. The molecule has 1 amide bonds. The number of carbonyl (C=O) groups is 1. The van der Waals surface area contributed by atoms with E-state index < -0.39 is 35.5 Å². The highest BCUT2D eigenvalue weighted by atomic mass is 19.2. The minimum Gasteiger partial charge on any atom is -0.444 e. The first-order valence-electron chi connectivity index (χ1n) is 7.82. The number of carbonyl (C=O) groups excluding carboxylic acids is 1. The SMILES string of the molecule is CC(C)(C)OC(=O)N1CCCC[C@@H]1[C@H](O)c1cccc(F)c1F. The largest absolute Gasteiger partial charge is 0.444 e. The molecule has 128 valence electrons. The molecule has 0 radical (unpaired) electrons. The fourth-order valence-electron chi connectivity index (χ4n) is 2.79. The third kappa shape index (κ3) is 4.19. The van der Waals surface area contributed by atoms with E-state index in [2.05, 4.69) is 0 Å². The highest BCUT2D eigenvalue weighted by Crippen LogP contribution is 2.31. The van der Waals surface area contributed by atoms with Crippen molar-refractivity contribution < 1.29 is 23.4 Å². The lowest BCUT2D eigenvalue weighted by molar-refractivity contribution is -0.0177. The van der Waals surface area contributed by atoms with Gasteiger partial charge in [-0.2, -0.15) is 0 Å². The molecule has 1 aliphatic heterocycles. The van der Waals surface area contributed by atoms with E-state index in [1.54, 1.807) is 20.8 Å². The third-order valence-corrected chi connectivity index (χ3v) is 3.84. The topological polar surface area (TPSA) is 49.8 Å². The van der Waals surface area contributed by atoms with Gasteiger partial charge in [0.25, 0.3) is 0 Å². The summed E-state index contributed by atoms with van der Waals surface area (Å²) in [7, 11) is 0. The van der Waals surface area contributed by atoms with Gasteiger partial charge in [0.05, 0.1) is 6.04 Å². The fourth-order valence-corrected chi connectivity index (χ4v) is 2.79. The van der Waals surface area contributed by atoms with Crippen molar-refractivity contribution in [3.63, 3.8) is 0 Å². The van der Waals surface area contributed by atoms with E-state index in [0.29, 0.717) is 13.0 Å². The van der Waals surface area contributed by atoms with Crippen LogP contribution < -0.4 is 0 Å². The number of benzene rings is 1. The Labute approximate surface area is 135 Å². The summed E-state index contributed by atoms with van der Waals surface area (Å²) in [6, 6.07) is 3.05. The van der Waals surface area contributed by atoms with Crippen LogP contribution in [0.2, 0.25) is 0 Å². The van der Waals surface area contributed by atoms with Crippen molar-refractivity contribution in [3.05, 3.63) is 35.4 Å². The van der Waals surface area contributed by atoms with Gasteiger partial charge in [-0.15, -0.1) is 0 Å². The second-order valence-electron chi connectivity index (χ2n) is 6.82. The Balaban J connectivity index is 2.23. The summed E-state index contributed by atoms with van der Waals surface area (Å²) in [5, 5.41) is 10.5. The van der Waals surface area contributed by atoms with Crippen LogP contribution >= 0.6 is 0 Å². The fraction of sp³-hybridized carbons (Fsp3) is 0.588. The van der Waals surface area contributed by atoms with Crippen LogP contribution in [0.4, 0.5) is 13.6 Å². The van der Waals surface area contributed by atoms with Gasteiger partial charge in [0.1, 0.15) is 11.7 Å². The molecule has 1 saturated heterocycles. The van der Waals surface area contributed by atoms with Gasteiger partial charge in [-0.05, 0) is 46.1 Å². The van der Waals surface area contributed by atoms with Crippen LogP contribution in [0, 0.1) is 11.6 Å². The normalized spacial score (nSPS) is 20.3. The van der Waals surface area contributed by atoms with E-state index in [-0.39, 0.29) is 5.56 Å². The molecule has 1 fully saturated rings. The molecule has 0 aromatic heterocycles. The van der Waals surface area contributed by atoms with Crippen LogP contribution in [-0.2, 0) is 4.74 Å². The van der Waals surface area contributed by atoms with Crippen LogP contribution in [0.1, 0.15) is 51.7 Å². The molecule has 2 atom stereocenters. The molecule has 1 N–H and O–H groups in total. The van der Waals surface area contributed by atoms with Gasteiger partial charge in [0, 0.05) is 12.1 Å². The third-order valence-electron chi connectivity index (χ3n) is 3.84. The zero-order valence-electron chi connectivity index (χ0n) is 13.7. The van der Waals surface area contributed by atoms with Crippen molar-refractivity contribution >= 4 is 6.09 Å². The average molecular weight is 327 g/mol. The molecule has 4 nitrogen and oxygen atoms in total. The average Bonchev–Trinajstić information content (AvgIpc) is 2.47. The molecule has 1 aliphatic rings. The first-order chi connectivity index (χ1) is 10.7. The Kier molecular flexibility index (Phi) is 5.24. The maximum Gasteiger partial charge on any atom is 0.410 e. The monoisotopic (exact) mass is 327 g/mol. The summed E-state index contributed by atoms with van der Waals surface area (Å²) in [4.78, 5) is 13.8. The van der Waals surface area contributed by atoms with Gasteiger partial charge >= 0.3 is 6.09 Å². The Hall–Kier alpha value is -1.69. The molecule has 0 aliphatic carbocycles. The van der Waals surface area contributed by atoms with E-state index in [4.69, 9.17) is 4.74 Å². The lowest BCUT2D eigenvalue weighted by atomic mass is 9.93. The number of hydrogen-bond donors (Lipinski definition) is 1. The number of amides is 1. The van der Waals surface area contributed by atoms with Gasteiger partial charge < -0.3 is 14.7 Å². The number of piperidine rings is 1. The number of aliphatic hydroxyl groups excluding tert-OH is 1. The molecule has 23 heavy (non-hydrogen) atoms. The van der Waals surface area contributed by atoms with Crippen molar-refractivity contribution in [2.24, 2.45) is 0 Å². The zero-order valence-corrected chi connectivity index (χ0v) is 13.7. The maximum absolute atomic E-state index is 13.9. The number of nitrogens with zero attached hydrogens (tertiary/aromatic N) is 1. The van der Waals surface area contributed by atoms with Gasteiger partial charge in [-0.3, -0.25) is 0 Å². The molecule has 1 aromatic carbocycles. The van der Waals surface area contributed by atoms with Crippen LogP contribution in [0.5, 0.6) is 0 Å². The molecule has 0 bridgehead atoms. The summed E-state index contributed by atoms with van der Waals surface area (Å²) in [5.74, 6) is -2.09. The zero-order chi connectivity index (χ0) is 17.2. The first-order valence-corrected chi connectivity index (χ1v) is 7.82. The van der Waals surface area contributed by atoms with Gasteiger partial charge in [-0.1, -0.05) is 12.1 Å². The van der Waals surface area contributed by atoms with Crippen LogP contribution in [0.3, 0.4) is 0 Å². The molecule has 0 spiro atoms. The minimum atomic E-state index is -1.29. The second-order valence-corrected chi connectivity index (χ2v) is 6.82. The van der Waals surface area contributed by atoms with Crippen molar-refractivity contribution in [2.75, 3.05) is 6.54 Å². The van der Waals surface area contributed by atoms with Crippen LogP contribution in [0.15, 0.2) is 18.2 Å². The van der Waals surface area contributed by atoms with Gasteiger partial charge in [-0.25, -0.2) is 13.6 Å². The van der Waals surface area contributed by atoms with Gasteiger partial charge in [0.15, 0.2) is 11.6 Å². The summed E-state index contributed by atoms with van der Waals surface area (Å²) >= 11 is 0. The lowest BCUT2D eigenvalue weighted by Crippen LogP contribution is -2.48. The van der Waals surface area contributed by atoms with Crippen molar-refractivity contribution in [2.45, 2.75) is 57.8 Å². The van der Waals surface area contributed by atoms with E-state index in [1.165, 1.54) is 17.0 Å². The minimum absolute atomic E-state index is 0.134. The van der Waals surface area contributed by atoms with Crippen molar-refractivity contribution in [1.29, 1.82) is 0 Å². The quantitative estimate of drug-likeness (QED) is 0.899. The highest BCUT2D eigenvalue weighted by Gasteiger charge is 2.36. The number of hydrogen-bond acceptors (Lipinski definition) is 3. The Morgan fingerprint density at radius 1 is 1.35 bits per heavy atom. The summed E-state index contributed by atoms with van der Waals surface area (Å²) < 4.78 is 32.7. The van der Waals surface area contributed by atoms with Crippen molar-refractivity contribution in [3.8, 4) is 0 Å². The molecule has 1 aromatic rings.